The number of carboxylic acid groups (broad SMARTS) is 1. The second-order valence-electron chi connectivity index (χ2n) is 7.31. The molecule has 0 aromatic heterocycles. The fourth-order valence-corrected chi connectivity index (χ4v) is 3.71. The van der Waals surface area contributed by atoms with Gasteiger partial charge in [0.05, 0.1) is 0 Å². The molecule has 1 heterocycles. The Morgan fingerprint density at radius 1 is 1.10 bits per heavy atom. The summed E-state index contributed by atoms with van der Waals surface area (Å²) < 4.78 is 5.36. The van der Waals surface area contributed by atoms with Crippen molar-refractivity contribution in [2.24, 2.45) is 11.8 Å². The molecule has 2 atom stereocenters. The fraction of sp³-hybridized carbons (Fsp3) is 0.875. The molecule has 0 aromatic rings. The van der Waals surface area contributed by atoms with Crippen LogP contribution < -0.4 is 0 Å². The maximum Gasteiger partial charge on any atom is 0.411 e. The summed E-state index contributed by atoms with van der Waals surface area (Å²) in [6, 6.07) is -0.719. The van der Waals surface area contributed by atoms with Crippen LogP contribution in [0, 0.1) is 11.8 Å². The second kappa shape index (κ2) is 6.24. The Balaban J connectivity index is 2.09. The summed E-state index contributed by atoms with van der Waals surface area (Å²) in [5.41, 5.74) is -0.594. The quantitative estimate of drug-likeness (QED) is 0.849. The lowest BCUT2D eigenvalue weighted by molar-refractivity contribution is -0.144. The molecule has 120 valence electrons. The van der Waals surface area contributed by atoms with Crippen LogP contribution in [0.2, 0.25) is 0 Å². The summed E-state index contributed by atoms with van der Waals surface area (Å²) in [6.45, 7) is 5.90. The van der Waals surface area contributed by atoms with Crippen molar-refractivity contribution in [1.29, 1.82) is 0 Å². The molecule has 1 aliphatic carbocycles. The number of ether oxygens (including phenoxy) is 1. The van der Waals surface area contributed by atoms with Crippen LogP contribution in [-0.2, 0) is 9.53 Å². The van der Waals surface area contributed by atoms with E-state index in [1.54, 1.807) is 20.8 Å². The number of likely N-dealkylation sites (tertiary alicyclic amines) is 1. The van der Waals surface area contributed by atoms with Gasteiger partial charge < -0.3 is 9.84 Å². The molecule has 1 N–H and O–H groups in total. The molecule has 21 heavy (non-hydrogen) atoms. The third-order valence-electron chi connectivity index (χ3n) is 4.58. The highest BCUT2D eigenvalue weighted by molar-refractivity contribution is 5.81. The van der Waals surface area contributed by atoms with E-state index in [1.807, 2.05) is 0 Å². The van der Waals surface area contributed by atoms with E-state index in [4.69, 9.17) is 4.74 Å². The van der Waals surface area contributed by atoms with E-state index in [0.717, 1.165) is 19.3 Å². The molecule has 2 unspecified atom stereocenters. The van der Waals surface area contributed by atoms with Crippen molar-refractivity contribution in [3.8, 4) is 0 Å². The minimum Gasteiger partial charge on any atom is -0.480 e. The minimum atomic E-state index is -0.895. The van der Waals surface area contributed by atoms with Crippen LogP contribution in [0.3, 0.4) is 0 Å². The van der Waals surface area contributed by atoms with Gasteiger partial charge in [-0.25, -0.2) is 9.59 Å². The molecular weight excluding hydrogens is 270 g/mol. The Labute approximate surface area is 126 Å². The third kappa shape index (κ3) is 3.89. The number of aliphatic carboxylic acids is 1. The van der Waals surface area contributed by atoms with Crippen LogP contribution in [0.5, 0.6) is 0 Å². The Morgan fingerprint density at radius 2 is 1.71 bits per heavy atom. The highest BCUT2D eigenvalue weighted by Crippen LogP contribution is 2.39. The van der Waals surface area contributed by atoms with E-state index >= 15 is 0 Å². The number of carbonyl (C=O) groups excluding carboxylic acids is 1. The van der Waals surface area contributed by atoms with Crippen molar-refractivity contribution in [2.75, 3.05) is 6.54 Å². The van der Waals surface area contributed by atoms with Crippen molar-refractivity contribution in [3.63, 3.8) is 0 Å². The van der Waals surface area contributed by atoms with Crippen molar-refractivity contribution < 1.29 is 19.4 Å². The Bertz CT molecular complexity index is 396. The van der Waals surface area contributed by atoms with Crippen molar-refractivity contribution >= 4 is 12.1 Å². The molecule has 5 heteroatoms. The number of carboxylic acids is 1. The average Bonchev–Trinajstić information content (AvgIpc) is 2.82. The van der Waals surface area contributed by atoms with Gasteiger partial charge in [0.15, 0.2) is 0 Å². The molecule has 1 saturated carbocycles. The maximum absolute atomic E-state index is 12.2. The molecule has 2 rings (SSSR count). The number of carbonyl (C=O) groups is 2. The fourth-order valence-electron chi connectivity index (χ4n) is 3.71. The van der Waals surface area contributed by atoms with Gasteiger partial charge in [0, 0.05) is 6.54 Å². The van der Waals surface area contributed by atoms with E-state index in [2.05, 4.69) is 0 Å². The van der Waals surface area contributed by atoms with Crippen LogP contribution in [0.15, 0.2) is 0 Å². The first-order valence-electron chi connectivity index (χ1n) is 8.02. The van der Waals surface area contributed by atoms with Gasteiger partial charge in [-0.05, 0) is 39.0 Å². The van der Waals surface area contributed by atoms with Crippen molar-refractivity contribution in [3.05, 3.63) is 0 Å². The van der Waals surface area contributed by atoms with Gasteiger partial charge in [0.25, 0.3) is 0 Å². The van der Waals surface area contributed by atoms with E-state index in [0.29, 0.717) is 12.5 Å². The Morgan fingerprint density at radius 3 is 2.24 bits per heavy atom. The van der Waals surface area contributed by atoms with Crippen molar-refractivity contribution in [2.45, 2.75) is 70.9 Å². The zero-order chi connectivity index (χ0) is 15.6. The Hall–Kier alpha value is -1.26. The number of hydrogen-bond donors (Lipinski definition) is 1. The maximum atomic E-state index is 12.2. The minimum absolute atomic E-state index is 0.0790. The molecule has 1 saturated heterocycles. The molecular formula is C16H27NO4. The summed E-state index contributed by atoms with van der Waals surface area (Å²) >= 11 is 0. The molecule has 0 aromatic carbocycles. The van der Waals surface area contributed by atoms with E-state index < -0.39 is 23.7 Å². The van der Waals surface area contributed by atoms with Crippen LogP contribution in [0.1, 0.15) is 59.3 Å². The van der Waals surface area contributed by atoms with Crippen molar-refractivity contribution in [1.82, 2.24) is 4.90 Å². The zero-order valence-corrected chi connectivity index (χ0v) is 13.3. The van der Waals surface area contributed by atoms with E-state index in [-0.39, 0.29) is 5.92 Å². The molecule has 2 aliphatic rings. The highest BCUT2D eigenvalue weighted by atomic mass is 16.6. The van der Waals surface area contributed by atoms with Gasteiger partial charge in [0.1, 0.15) is 11.6 Å². The van der Waals surface area contributed by atoms with E-state index in [9.17, 15) is 14.7 Å². The molecule has 5 nitrogen and oxygen atoms in total. The first kappa shape index (κ1) is 16.1. The van der Waals surface area contributed by atoms with Gasteiger partial charge in [-0.2, -0.15) is 0 Å². The number of amides is 1. The lowest BCUT2D eigenvalue weighted by Crippen LogP contribution is -2.46. The first-order valence-corrected chi connectivity index (χ1v) is 8.02. The van der Waals surface area contributed by atoms with Crippen LogP contribution in [0.4, 0.5) is 4.79 Å². The van der Waals surface area contributed by atoms with Gasteiger partial charge >= 0.3 is 12.1 Å². The first-order chi connectivity index (χ1) is 9.79. The summed E-state index contributed by atoms with van der Waals surface area (Å²) in [4.78, 5) is 25.4. The lowest BCUT2D eigenvalue weighted by Gasteiger charge is -2.32. The predicted octanol–water partition coefficient (Wildman–Crippen LogP) is 3.28. The predicted molar refractivity (Wildman–Crippen MR) is 79.0 cm³/mol. The molecule has 0 spiro atoms. The van der Waals surface area contributed by atoms with Crippen LogP contribution in [-0.4, -0.2) is 40.3 Å². The highest BCUT2D eigenvalue weighted by Gasteiger charge is 2.46. The molecule has 1 amide bonds. The normalized spacial score (nSPS) is 27.7. The van der Waals surface area contributed by atoms with Gasteiger partial charge in [-0.3, -0.25) is 4.90 Å². The molecule has 1 aliphatic heterocycles. The molecule has 2 fully saturated rings. The summed E-state index contributed by atoms with van der Waals surface area (Å²) in [6.07, 6.45) is 6.08. The average molecular weight is 297 g/mol. The third-order valence-corrected chi connectivity index (χ3v) is 4.58. The van der Waals surface area contributed by atoms with Gasteiger partial charge in [-0.1, -0.05) is 32.1 Å². The topological polar surface area (TPSA) is 66.8 Å². The van der Waals surface area contributed by atoms with E-state index in [1.165, 1.54) is 24.2 Å². The number of hydrogen-bond acceptors (Lipinski definition) is 3. The number of nitrogens with zero attached hydrogens (tertiary/aromatic N) is 1. The standard InChI is InChI=1S/C16H27NO4/c1-16(2,3)21-15(20)17-10-9-12(13(17)14(18)19)11-7-5-4-6-8-11/h11-13H,4-10H2,1-3H3,(H,18,19). The molecule has 0 bridgehead atoms. The monoisotopic (exact) mass is 297 g/mol. The SMILES string of the molecule is CC(C)(C)OC(=O)N1CCC(C2CCCCC2)C1C(=O)O. The number of rotatable bonds is 2. The summed E-state index contributed by atoms with van der Waals surface area (Å²) in [7, 11) is 0. The van der Waals surface area contributed by atoms with Gasteiger partial charge in [-0.15, -0.1) is 0 Å². The van der Waals surface area contributed by atoms with Crippen LogP contribution in [0.25, 0.3) is 0 Å². The second-order valence-corrected chi connectivity index (χ2v) is 7.31. The largest absolute Gasteiger partial charge is 0.480 e. The summed E-state index contributed by atoms with van der Waals surface area (Å²) in [5, 5.41) is 9.58. The van der Waals surface area contributed by atoms with Gasteiger partial charge in [0.2, 0.25) is 0 Å². The summed E-state index contributed by atoms with van der Waals surface area (Å²) in [5.74, 6) is -0.378. The lowest BCUT2D eigenvalue weighted by atomic mass is 9.76. The smallest absolute Gasteiger partial charge is 0.411 e. The zero-order valence-electron chi connectivity index (χ0n) is 13.3. The Kier molecular flexibility index (Phi) is 4.79. The molecule has 0 radical (unpaired) electrons. The van der Waals surface area contributed by atoms with Crippen LogP contribution >= 0.6 is 0 Å².